The van der Waals surface area contributed by atoms with E-state index < -0.39 is 0 Å². The molecule has 5 heteroatoms. The Morgan fingerprint density at radius 1 is 1.47 bits per heavy atom. The minimum atomic E-state index is 0.434. The molecule has 0 unspecified atom stereocenters. The molecule has 0 aliphatic heterocycles. The molecule has 0 spiro atoms. The highest BCUT2D eigenvalue weighted by Crippen LogP contribution is 2.34. The zero-order valence-corrected chi connectivity index (χ0v) is 11.2. The molecule has 17 heavy (non-hydrogen) atoms. The van der Waals surface area contributed by atoms with Crippen molar-refractivity contribution in [2.45, 2.75) is 13.5 Å². The predicted octanol–water partition coefficient (Wildman–Crippen LogP) is 3.24. The lowest BCUT2D eigenvalue weighted by atomic mass is 10.1. The van der Waals surface area contributed by atoms with Gasteiger partial charge in [-0.25, -0.2) is 4.98 Å². The van der Waals surface area contributed by atoms with Crippen LogP contribution in [0.2, 0.25) is 5.02 Å². The van der Waals surface area contributed by atoms with E-state index in [-0.39, 0.29) is 0 Å². The molecule has 0 amide bonds. The largest absolute Gasteiger partial charge is 0.495 e. The molecule has 0 atom stereocenters. The standard InChI is InChI=1S/C12H13ClN2OS/c1-7-15-10(6-14)12(17-7)8-3-4-11(16-2)9(13)5-8/h3-5H,6,14H2,1-2H3. The van der Waals surface area contributed by atoms with E-state index in [2.05, 4.69) is 4.98 Å². The number of benzene rings is 1. The predicted molar refractivity (Wildman–Crippen MR) is 71.7 cm³/mol. The highest BCUT2D eigenvalue weighted by Gasteiger charge is 2.11. The SMILES string of the molecule is COc1ccc(-c2sc(C)nc2CN)cc1Cl. The first-order chi connectivity index (χ1) is 8.15. The second-order valence-electron chi connectivity index (χ2n) is 3.56. The van der Waals surface area contributed by atoms with E-state index in [4.69, 9.17) is 22.1 Å². The van der Waals surface area contributed by atoms with Gasteiger partial charge < -0.3 is 10.5 Å². The van der Waals surface area contributed by atoms with Gasteiger partial charge in [0.25, 0.3) is 0 Å². The fraction of sp³-hybridized carbons (Fsp3) is 0.250. The number of hydrogen-bond acceptors (Lipinski definition) is 4. The second kappa shape index (κ2) is 5.04. The van der Waals surface area contributed by atoms with Gasteiger partial charge in [0.15, 0.2) is 0 Å². The monoisotopic (exact) mass is 268 g/mol. The molecule has 0 fully saturated rings. The molecular formula is C12H13ClN2OS. The number of methoxy groups -OCH3 is 1. The van der Waals surface area contributed by atoms with Crippen molar-refractivity contribution in [2.24, 2.45) is 5.73 Å². The Morgan fingerprint density at radius 3 is 2.82 bits per heavy atom. The van der Waals surface area contributed by atoms with Crippen LogP contribution in [0.3, 0.4) is 0 Å². The van der Waals surface area contributed by atoms with E-state index in [1.165, 1.54) is 0 Å². The summed E-state index contributed by atoms with van der Waals surface area (Å²) in [5.41, 5.74) is 7.62. The number of hydrogen-bond donors (Lipinski definition) is 1. The lowest BCUT2D eigenvalue weighted by Crippen LogP contribution is -1.98. The van der Waals surface area contributed by atoms with Gasteiger partial charge in [0.1, 0.15) is 5.75 Å². The summed E-state index contributed by atoms with van der Waals surface area (Å²) < 4.78 is 5.13. The Bertz CT molecular complexity index is 539. The third-order valence-electron chi connectivity index (χ3n) is 2.41. The van der Waals surface area contributed by atoms with Crippen molar-refractivity contribution in [1.29, 1.82) is 0 Å². The Kier molecular flexibility index (Phi) is 3.66. The van der Waals surface area contributed by atoms with Gasteiger partial charge in [-0.3, -0.25) is 0 Å². The summed E-state index contributed by atoms with van der Waals surface area (Å²) >= 11 is 7.73. The topological polar surface area (TPSA) is 48.1 Å². The average molecular weight is 269 g/mol. The maximum atomic E-state index is 6.11. The third-order valence-corrected chi connectivity index (χ3v) is 3.77. The quantitative estimate of drug-likeness (QED) is 0.930. The highest BCUT2D eigenvalue weighted by molar-refractivity contribution is 7.15. The molecule has 2 N–H and O–H groups in total. The number of nitrogens with zero attached hydrogens (tertiary/aromatic N) is 1. The van der Waals surface area contributed by atoms with E-state index in [1.807, 2.05) is 25.1 Å². The summed E-state index contributed by atoms with van der Waals surface area (Å²) in [6.07, 6.45) is 0. The van der Waals surface area contributed by atoms with Crippen molar-refractivity contribution in [1.82, 2.24) is 4.98 Å². The lowest BCUT2D eigenvalue weighted by Gasteiger charge is -2.05. The van der Waals surface area contributed by atoms with E-state index >= 15 is 0 Å². The zero-order chi connectivity index (χ0) is 12.4. The number of aromatic nitrogens is 1. The molecule has 1 aromatic carbocycles. The van der Waals surface area contributed by atoms with Crippen molar-refractivity contribution in [2.75, 3.05) is 7.11 Å². The van der Waals surface area contributed by atoms with Crippen molar-refractivity contribution in [3.05, 3.63) is 33.9 Å². The molecule has 0 aliphatic carbocycles. The van der Waals surface area contributed by atoms with Crippen LogP contribution in [0.25, 0.3) is 10.4 Å². The Labute approximate surface area is 109 Å². The summed E-state index contributed by atoms with van der Waals surface area (Å²) in [6, 6.07) is 5.70. The van der Waals surface area contributed by atoms with Crippen LogP contribution in [0.4, 0.5) is 0 Å². The third kappa shape index (κ3) is 2.44. The van der Waals surface area contributed by atoms with Crippen LogP contribution in [0, 0.1) is 6.92 Å². The van der Waals surface area contributed by atoms with Gasteiger partial charge in [0, 0.05) is 6.54 Å². The summed E-state index contributed by atoms with van der Waals surface area (Å²) in [6.45, 7) is 2.40. The number of rotatable bonds is 3. The van der Waals surface area contributed by atoms with Gasteiger partial charge in [-0.15, -0.1) is 11.3 Å². The zero-order valence-electron chi connectivity index (χ0n) is 9.66. The number of aryl methyl sites for hydroxylation is 1. The molecule has 0 saturated carbocycles. The molecular weight excluding hydrogens is 256 g/mol. The Morgan fingerprint density at radius 2 is 2.24 bits per heavy atom. The fourth-order valence-electron chi connectivity index (χ4n) is 1.64. The first-order valence-corrected chi connectivity index (χ1v) is 6.35. The normalized spacial score (nSPS) is 10.6. The van der Waals surface area contributed by atoms with Crippen molar-refractivity contribution in [3.63, 3.8) is 0 Å². The van der Waals surface area contributed by atoms with Gasteiger partial charge in [-0.1, -0.05) is 11.6 Å². The number of halogens is 1. The van der Waals surface area contributed by atoms with E-state index in [9.17, 15) is 0 Å². The summed E-state index contributed by atoms with van der Waals surface area (Å²) in [7, 11) is 1.60. The minimum absolute atomic E-state index is 0.434. The van der Waals surface area contributed by atoms with E-state index in [0.717, 1.165) is 21.1 Å². The first-order valence-electron chi connectivity index (χ1n) is 5.16. The number of thiazole rings is 1. The van der Waals surface area contributed by atoms with Crippen LogP contribution in [0.15, 0.2) is 18.2 Å². The summed E-state index contributed by atoms with van der Waals surface area (Å²) in [4.78, 5) is 5.48. The molecule has 1 heterocycles. The van der Waals surface area contributed by atoms with E-state index in [0.29, 0.717) is 17.3 Å². The maximum absolute atomic E-state index is 6.11. The Hall–Kier alpha value is -1.10. The van der Waals surface area contributed by atoms with Crippen LogP contribution >= 0.6 is 22.9 Å². The molecule has 0 radical (unpaired) electrons. The lowest BCUT2D eigenvalue weighted by molar-refractivity contribution is 0.415. The van der Waals surface area contributed by atoms with Gasteiger partial charge in [0.2, 0.25) is 0 Å². The Balaban J connectivity index is 2.49. The second-order valence-corrected chi connectivity index (χ2v) is 5.17. The molecule has 2 aromatic rings. The van der Waals surface area contributed by atoms with Crippen molar-refractivity contribution >= 4 is 22.9 Å². The van der Waals surface area contributed by atoms with Gasteiger partial charge >= 0.3 is 0 Å². The molecule has 3 nitrogen and oxygen atoms in total. The summed E-state index contributed by atoms with van der Waals surface area (Å²) in [5, 5.41) is 1.60. The molecule has 0 aliphatic rings. The molecule has 90 valence electrons. The number of nitrogens with two attached hydrogens (primary N) is 1. The first kappa shape index (κ1) is 12.4. The van der Waals surface area contributed by atoms with Gasteiger partial charge in [0.05, 0.1) is 27.7 Å². The van der Waals surface area contributed by atoms with Crippen LogP contribution in [-0.2, 0) is 6.54 Å². The number of ether oxygens (including phenoxy) is 1. The molecule has 1 aromatic heterocycles. The molecule has 0 saturated heterocycles. The van der Waals surface area contributed by atoms with Crippen LogP contribution in [0.5, 0.6) is 5.75 Å². The fourth-order valence-corrected chi connectivity index (χ4v) is 2.84. The van der Waals surface area contributed by atoms with Gasteiger partial charge in [-0.05, 0) is 30.7 Å². The molecule has 2 rings (SSSR count). The average Bonchev–Trinajstić information content (AvgIpc) is 2.70. The smallest absolute Gasteiger partial charge is 0.137 e. The van der Waals surface area contributed by atoms with Gasteiger partial charge in [-0.2, -0.15) is 0 Å². The van der Waals surface area contributed by atoms with Crippen LogP contribution < -0.4 is 10.5 Å². The van der Waals surface area contributed by atoms with Crippen molar-refractivity contribution < 1.29 is 4.74 Å². The minimum Gasteiger partial charge on any atom is -0.495 e. The molecule has 0 bridgehead atoms. The highest BCUT2D eigenvalue weighted by atomic mass is 35.5. The van der Waals surface area contributed by atoms with Crippen LogP contribution in [0.1, 0.15) is 10.7 Å². The maximum Gasteiger partial charge on any atom is 0.137 e. The van der Waals surface area contributed by atoms with Crippen LogP contribution in [-0.4, -0.2) is 12.1 Å². The van der Waals surface area contributed by atoms with Crippen molar-refractivity contribution in [3.8, 4) is 16.2 Å². The summed E-state index contributed by atoms with van der Waals surface area (Å²) in [5.74, 6) is 0.672. The van der Waals surface area contributed by atoms with E-state index in [1.54, 1.807) is 18.4 Å².